The third kappa shape index (κ3) is 3.20. The van der Waals surface area contributed by atoms with Crippen LogP contribution < -0.4 is 5.73 Å². The van der Waals surface area contributed by atoms with Crippen LogP contribution in [0.2, 0.25) is 0 Å². The molecular weight excluding hydrogens is 332 g/mol. The summed E-state index contributed by atoms with van der Waals surface area (Å²) in [5, 5.41) is 2.38. The van der Waals surface area contributed by atoms with Gasteiger partial charge in [-0.05, 0) is 57.3 Å². The second-order valence-corrected chi connectivity index (χ2v) is 6.69. The molecule has 4 aromatic rings. The molecule has 1 atom stereocenters. The summed E-state index contributed by atoms with van der Waals surface area (Å²) < 4.78 is 0. The van der Waals surface area contributed by atoms with E-state index in [1.807, 2.05) is 36.4 Å². The van der Waals surface area contributed by atoms with Gasteiger partial charge in [0.2, 0.25) is 5.91 Å². The van der Waals surface area contributed by atoms with Crippen molar-refractivity contribution in [3.8, 4) is 11.1 Å². The number of aromatic nitrogens is 1. The van der Waals surface area contributed by atoms with E-state index in [0.717, 1.165) is 16.7 Å². The lowest BCUT2D eigenvalue weighted by molar-refractivity contribution is 0.0999. The molecule has 0 radical (unpaired) electrons. The van der Waals surface area contributed by atoms with E-state index in [1.165, 1.54) is 16.3 Å². The molecule has 27 heavy (non-hydrogen) atoms. The highest BCUT2D eigenvalue weighted by atomic mass is 16.1. The van der Waals surface area contributed by atoms with Crippen molar-refractivity contribution in [3.05, 3.63) is 102 Å². The summed E-state index contributed by atoms with van der Waals surface area (Å²) in [4.78, 5) is 16.2. The van der Waals surface area contributed by atoms with Gasteiger partial charge in [0, 0.05) is 23.9 Å². The molecule has 3 aromatic carbocycles. The van der Waals surface area contributed by atoms with Crippen molar-refractivity contribution in [2.24, 2.45) is 5.73 Å². The quantitative estimate of drug-likeness (QED) is 0.552. The van der Waals surface area contributed by atoms with Crippen LogP contribution in [-0.4, -0.2) is 10.9 Å². The predicted molar refractivity (Wildman–Crippen MR) is 110 cm³/mol. The Bertz CT molecular complexity index is 1110. The molecule has 3 nitrogen and oxygen atoms in total. The summed E-state index contributed by atoms with van der Waals surface area (Å²) in [7, 11) is 0. The van der Waals surface area contributed by atoms with Gasteiger partial charge in [-0.15, -0.1) is 0 Å². The smallest absolute Gasteiger partial charge is 0.248 e. The summed E-state index contributed by atoms with van der Waals surface area (Å²) in [6, 6.07) is 24.4. The monoisotopic (exact) mass is 352 g/mol. The fourth-order valence-electron chi connectivity index (χ4n) is 3.66. The number of carbonyl (C=O) groups excluding carboxylic acids is 1. The van der Waals surface area contributed by atoms with Crippen molar-refractivity contribution in [1.29, 1.82) is 0 Å². The van der Waals surface area contributed by atoms with E-state index in [0.29, 0.717) is 5.56 Å². The lowest BCUT2D eigenvalue weighted by atomic mass is 9.85. The molecule has 0 saturated carbocycles. The van der Waals surface area contributed by atoms with Crippen LogP contribution in [0.25, 0.3) is 21.9 Å². The van der Waals surface area contributed by atoms with Crippen molar-refractivity contribution in [1.82, 2.24) is 4.98 Å². The SMILES string of the molecule is C[C@H](c1cc(-c2ccncc2)ccc1C(N)=O)c1cccc2ccccc12. The van der Waals surface area contributed by atoms with Crippen molar-refractivity contribution in [2.45, 2.75) is 12.8 Å². The number of hydrogen-bond acceptors (Lipinski definition) is 2. The molecule has 1 amide bonds. The van der Waals surface area contributed by atoms with Crippen LogP contribution in [0.4, 0.5) is 0 Å². The number of benzene rings is 3. The molecule has 1 aromatic heterocycles. The lowest BCUT2D eigenvalue weighted by Crippen LogP contribution is -2.15. The highest BCUT2D eigenvalue weighted by Gasteiger charge is 2.18. The van der Waals surface area contributed by atoms with Crippen molar-refractivity contribution in [2.75, 3.05) is 0 Å². The largest absolute Gasteiger partial charge is 0.366 e. The van der Waals surface area contributed by atoms with E-state index in [4.69, 9.17) is 5.73 Å². The summed E-state index contributed by atoms with van der Waals surface area (Å²) in [5.41, 5.74) is 10.5. The van der Waals surface area contributed by atoms with Gasteiger partial charge in [0.05, 0.1) is 0 Å². The molecule has 1 heterocycles. The first-order valence-corrected chi connectivity index (χ1v) is 8.97. The fraction of sp³-hybridized carbons (Fsp3) is 0.0833. The predicted octanol–water partition coefficient (Wildman–Crippen LogP) is 5.15. The maximum atomic E-state index is 12.1. The molecule has 0 aliphatic carbocycles. The molecule has 3 heteroatoms. The molecule has 2 N–H and O–H groups in total. The van der Waals surface area contributed by atoms with E-state index in [-0.39, 0.29) is 5.92 Å². The number of primary amides is 1. The van der Waals surface area contributed by atoms with Crippen molar-refractivity contribution < 1.29 is 4.79 Å². The summed E-state index contributed by atoms with van der Waals surface area (Å²) in [6.45, 7) is 2.12. The molecule has 0 fully saturated rings. The van der Waals surface area contributed by atoms with E-state index in [1.54, 1.807) is 12.4 Å². The Morgan fingerprint density at radius 1 is 0.852 bits per heavy atom. The van der Waals surface area contributed by atoms with Gasteiger partial charge in [-0.3, -0.25) is 9.78 Å². The minimum Gasteiger partial charge on any atom is -0.366 e. The van der Waals surface area contributed by atoms with Crippen LogP contribution in [0, 0.1) is 0 Å². The van der Waals surface area contributed by atoms with Crippen LogP contribution in [0.5, 0.6) is 0 Å². The zero-order valence-corrected chi connectivity index (χ0v) is 15.1. The van der Waals surface area contributed by atoms with Gasteiger partial charge in [-0.1, -0.05) is 55.5 Å². The molecule has 0 aliphatic rings. The average Bonchev–Trinajstić information content (AvgIpc) is 2.73. The number of carbonyl (C=O) groups is 1. The van der Waals surface area contributed by atoms with Crippen LogP contribution in [0.15, 0.2) is 85.2 Å². The van der Waals surface area contributed by atoms with Gasteiger partial charge >= 0.3 is 0 Å². The van der Waals surface area contributed by atoms with Crippen LogP contribution in [0.3, 0.4) is 0 Å². The first-order chi connectivity index (χ1) is 13.1. The van der Waals surface area contributed by atoms with Crippen molar-refractivity contribution in [3.63, 3.8) is 0 Å². The molecule has 0 saturated heterocycles. The number of fused-ring (bicyclic) bond motifs is 1. The number of amides is 1. The van der Waals surface area contributed by atoms with Gasteiger partial charge in [-0.25, -0.2) is 0 Å². The van der Waals surface area contributed by atoms with Gasteiger partial charge in [0.1, 0.15) is 0 Å². The fourth-order valence-corrected chi connectivity index (χ4v) is 3.66. The van der Waals surface area contributed by atoms with E-state index < -0.39 is 5.91 Å². The van der Waals surface area contributed by atoms with E-state index in [2.05, 4.69) is 48.3 Å². The molecule has 4 rings (SSSR count). The first-order valence-electron chi connectivity index (χ1n) is 8.97. The second-order valence-electron chi connectivity index (χ2n) is 6.69. The summed E-state index contributed by atoms with van der Waals surface area (Å²) in [5.74, 6) is -0.376. The third-order valence-electron chi connectivity index (χ3n) is 5.09. The van der Waals surface area contributed by atoms with Crippen molar-refractivity contribution >= 4 is 16.7 Å². The molecule has 0 unspecified atom stereocenters. The minimum atomic E-state index is -0.404. The summed E-state index contributed by atoms with van der Waals surface area (Å²) in [6.07, 6.45) is 3.54. The summed E-state index contributed by atoms with van der Waals surface area (Å²) >= 11 is 0. The molecule has 0 bridgehead atoms. The Kier molecular flexibility index (Phi) is 4.43. The third-order valence-corrected chi connectivity index (χ3v) is 5.09. The van der Waals surface area contributed by atoms with Gasteiger partial charge in [0.15, 0.2) is 0 Å². The molecule has 132 valence electrons. The number of nitrogens with two attached hydrogens (primary N) is 1. The van der Waals surface area contributed by atoms with Crippen LogP contribution >= 0.6 is 0 Å². The number of nitrogens with zero attached hydrogens (tertiary/aromatic N) is 1. The average molecular weight is 352 g/mol. The second kappa shape index (κ2) is 7.04. The standard InChI is InChI=1S/C24H20N2O/c1-16(20-8-4-6-18-5-2-3-7-21(18)20)23-15-19(9-10-22(23)24(25)27)17-11-13-26-14-12-17/h2-16H,1H3,(H2,25,27)/t16-/m0/s1. The number of rotatable bonds is 4. The van der Waals surface area contributed by atoms with Crippen LogP contribution in [0.1, 0.15) is 34.3 Å². The van der Waals surface area contributed by atoms with E-state index in [9.17, 15) is 4.79 Å². The topological polar surface area (TPSA) is 56.0 Å². The maximum Gasteiger partial charge on any atom is 0.248 e. The Balaban J connectivity index is 1.89. The van der Waals surface area contributed by atoms with Gasteiger partial charge in [-0.2, -0.15) is 0 Å². The maximum absolute atomic E-state index is 12.1. The zero-order chi connectivity index (χ0) is 18.8. The lowest BCUT2D eigenvalue weighted by Gasteiger charge is -2.19. The zero-order valence-electron chi connectivity index (χ0n) is 15.1. The minimum absolute atomic E-state index is 0.0281. The molecule has 0 spiro atoms. The highest BCUT2D eigenvalue weighted by Crippen LogP contribution is 2.34. The Morgan fingerprint density at radius 3 is 2.37 bits per heavy atom. The Hall–Kier alpha value is -3.46. The van der Waals surface area contributed by atoms with Crippen LogP contribution in [-0.2, 0) is 0 Å². The normalized spacial score (nSPS) is 12.0. The van der Waals surface area contributed by atoms with E-state index >= 15 is 0 Å². The highest BCUT2D eigenvalue weighted by molar-refractivity contribution is 5.96. The van der Waals surface area contributed by atoms with Gasteiger partial charge in [0.25, 0.3) is 0 Å². The molecule has 0 aliphatic heterocycles. The molecular formula is C24H20N2O. The Morgan fingerprint density at radius 2 is 1.59 bits per heavy atom. The number of hydrogen-bond donors (Lipinski definition) is 1. The number of pyridine rings is 1. The first kappa shape index (κ1) is 17.0. The van der Waals surface area contributed by atoms with Gasteiger partial charge < -0.3 is 5.73 Å². The Labute approximate surface area is 158 Å².